The molecule has 2 heterocycles. The maximum atomic E-state index is 4.84. The van der Waals surface area contributed by atoms with Crippen LogP contribution < -0.4 is 5.32 Å². The van der Waals surface area contributed by atoms with Crippen LogP contribution in [-0.2, 0) is 6.42 Å². The second-order valence-corrected chi connectivity index (χ2v) is 8.43. The van der Waals surface area contributed by atoms with E-state index in [0.29, 0.717) is 0 Å². The lowest BCUT2D eigenvalue weighted by Gasteiger charge is -2.13. The maximum Gasteiger partial charge on any atom is 0.188 e. The topological polar surface area (TPSA) is 50.7 Å². The second kappa shape index (κ2) is 8.28. The lowest BCUT2D eigenvalue weighted by atomic mass is 10.0. The van der Waals surface area contributed by atoms with E-state index in [-0.39, 0.29) is 0 Å². The summed E-state index contributed by atoms with van der Waals surface area (Å²) in [6.45, 7) is 3.97. The molecule has 5 heteroatoms. The quantitative estimate of drug-likeness (QED) is 0.342. The molecule has 0 aliphatic heterocycles. The van der Waals surface area contributed by atoms with Gasteiger partial charge in [0, 0.05) is 28.6 Å². The molecule has 0 atom stereocenters. The summed E-state index contributed by atoms with van der Waals surface area (Å²) in [7, 11) is 0. The maximum absolute atomic E-state index is 4.84. The molecule has 0 aliphatic carbocycles. The minimum absolute atomic E-state index is 0.753. The summed E-state index contributed by atoms with van der Waals surface area (Å²) in [5, 5.41) is 8.83. The molecule has 0 bridgehead atoms. The van der Waals surface area contributed by atoms with Gasteiger partial charge in [-0.3, -0.25) is 0 Å². The van der Waals surface area contributed by atoms with Crippen LogP contribution in [0, 0.1) is 13.8 Å². The van der Waals surface area contributed by atoms with Gasteiger partial charge in [-0.1, -0.05) is 66.7 Å². The average Bonchev–Trinajstić information content (AvgIpc) is 3.25. The Bertz CT molecular complexity index is 1360. The van der Waals surface area contributed by atoms with Gasteiger partial charge in [-0.25, -0.2) is 15.0 Å². The molecular weight excluding hydrogens is 400 g/mol. The van der Waals surface area contributed by atoms with Crippen molar-refractivity contribution in [3.05, 3.63) is 101 Å². The Morgan fingerprint density at radius 1 is 0.806 bits per heavy atom. The van der Waals surface area contributed by atoms with Crippen LogP contribution in [0.1, 0.15) is 22.6 Å². The molecule has 0 saturated carbocycles. The standard InChI is InChI=1S/C26H22N4S/c1-17-23(14-19-8-4-3-5-9-19)25(28-18(2)27-17)30-26-29-24(16-31-26)22-13-12-20-10-6-7-11-21(20)15-22/h3-13,15-16H,14H2,1-2H3,(H,27,28,29,30). The number of hydrogen-bond acceptors (Lipinski definition) is 5. The molecule has 2 aromatic heterocycles. The van der Waals surface area contributed by atoms with E-state index in [9.17, 15) is 0 Å². The number of aromatic nitrogens is 3. The van der Waals surface area contributed by atoms with Crippen molar-refractivity contribution in [3.63, 3.8) is 0 Å². The number of hydrogen-bond donors (Lipinski definition) is 1. The molecule has 4 nitrogen and oxygen atoms in total. The number of thiazole rings is 1. The summed E-state index contributed by atoms with van der Waals surface area (Å²) >= 11 is 1.59. The van der Waals surface area contributed by atoms with Gasteiger partial charge >= 0.3 is 0 Å². The molecule has 1 N–H and O–H groups in total. The van der Waals surface area contributed by atoms with Crippen molar-refractivity contribution in [2.24, 2.45) is 0 Å². The van der Waals surface area contributed by atoms with E-state index < -0.39 is 0 Å². The normalized spacial score (nSPS) is 11.0. The molecule has 0 aliphatic rings. The smallest absolute Gasteiger partial charge is 0.188 e. The van der Waals surface area contributed by atoms with Crippen LogP contribution in [0.2, 0.25) is 0 Å². The fourth-order valence-electron chi connectivity index (χ4n) is 3.76. The first-order valence-corrected chi connectivity index (χ1v) is 11.1. The Morgan fingerprint density at radius 2 is 1.58 bits per heavy atom. The highest BCUT2D eigenvalue weighted by Crippen LogP contribution is 2.30. The van der Waals surface area contributed by atoms with Crippen LogP contribution in [0.3, 0.4) is 0 Å². The fourth-order valence-corrected chi connectivity index (χ4v) is 4.48. The molecule has 0 saturated heterocycles. The van der Waals surface area contributed by atoms with E-state index in [1.807, 2.05) is 19.9 Å². The van der Waals surface area contributed by atoms with Crippen LogP contribution in [0.15, 0.2) is 78.2 Å². The van der Waals surface area contributed by atoms with E-state index in [0.717, 1.165) is 45.7 Å². The number of nitrogens with one attached hydrogen (secondary N) is 1. The van der Waals surface area contributed by atoms with E-state index in [2.05, 4.69) is 82.4 Å². The SMILES string of the molecule is Cc1nc(C)c(Cc2ccccc2)c(Nc2nc(-c3ccc4ccccc4c3)cs2)n1. The van der Waals surface area contributed by atoms with Crippen LogP contribution in [-0.4, -0.2) is 15.0 Å². The van der Waals surface area contributed by atoms with E-state index in [1.54, 1.807) is 11.3 Å². The monoisotopic (exact) mass is 422 g/mol. The lowest BCUT2D eigenvalue weighted by molar-refractivity contribution is 0.965. The number of benzene rings is 3. The molecule has 0 spiro atoms. The third kappa shape index (κ3) is 4.18. The molecule has 31 heavy (non-hydrogen) atoms. The van der Waals surface area contributed by atoms with Crippen molar-refractivity contribution in [1.82, 2.24) is 15.0 Å². The van der Waals surface area contributed by atoms with Crippen molar-refractivity contribution in [1.29, 1.82) is 0 Å². The Morgan fingerprint density at radius 3 is 2.42 bits per heavy atom. The molecule has 0 radical (unpaired) electrons. The van der Waals surface area contributed by atoms with Crippen molar-refractivity contribution in [2.45, 2.75) is 20.3 Å². The van der Waals surface area contributed by atoms with Gasteiger partial charge in [-0.05, 0) is 36.2 Å². The third-order valence-corrected chi connectivity index (χ3v) is 6.08. The number of nitrogens with zero attached hydrogens (tertiary/aromatic N) is 3. The highest BCUT2D eigenvalue weighted by atomic mass is 32.1. The summed E-state index contributed by atoms with van der Waals surface area (Å²) in [5.41, 5.74) is 5.40. The van der Waals surface area contributed by atoms with Gasteiger partial charge in [-0.15, -0.1) is 11.3 Å². The highest BCUT2D eigenvalue weighted by Gasteiger charge is 2.14. The lowest BCUT2D eigenvalue weighted by Crippen LogP contribution is -2.06. The first-order valence-electron chi connectivity index (χ1n) is 10.3. The molecule has 3 aromatic carbocycles. The second-order valence-electron chi connectivity index (χ2n) is 7.57. The summed E-state index contributed by atoms with van der Waals surface area (Å²) in [5.74, 6) is 1.58. The molecule has 0 unspecified atom stereocenters. The van der Waals surface area contributed by atoms with Gasteiger partial charge in [0.25, 0.3) is 0 Å². The van der Waals surface area contributed by atoms with Gasteiger partial charge in [-0.2, -0.15) is 0 Å². The highest BCUT2D eigenvalue weighted by molar-refractivity contribution is 7.14. The summed E-state index contributed by atoms with van der Waals surface area (Å²) < 4.78 is 0. The van der Waals surface area contributed by atoms with E-state index in [4.69, 9.17) is 9.97 Å². The number of fused-ring (bicyclic) bond motifs is 1. The van der Waals surface area contributed by atoms with Crippen molar-refractivity contribution in [2.75, 3.05) is 5.32 Å². The fraction of sp³-hybridized carbons (Fsp3) is 0.115. The number of anilines is 2. The van der Waals surface area contributed by atoms with Gasteiger partial charge in [0.05, 0.1) is 5.69 Å². The molecule has 0 fully saturated rings. The van der Waals surface area contributed by atoms with Gasteiger partial charge in [0.15, 0.2) is 5.13 Å². The summed E-state index contributed by atoms with van der Waals surface area (Å²) in [4.78, 5) is 14.1. The minimum Gasteiger partial charge on any atom is -0.316 e. The predicted octanol–water partition coefficient (Wildman–Crippen LogP) is 6.70. The molecule has 5 aromatic rings. The molecule has 5 rings (SSSR count). The van der Waals surface area contributed by atoms with Gasteiger partial charge in [0.1, 0.15) is 11.6 Å². The Hall–Kier alpha value is -3.57. The summed E-state index contributed by atoms with van der Waals surface area (Å²) in [6, 6.07) is 25.3. The molecule has 0 amide bonds. The van der Waals surface area contributed by atoms with Gasteiger partial charge in [0.2, 0.25) is 0 Å². The Labute approximate surface area is 185 Å². The van der Waals surface area contributed by atoms with Crippen LogP contribution >= 0.6 is 11.3 Å². The number of rotatable bonds is 5. The molecule has 152 valence electrons. The minimum atomic E-state index is 0.753. The van der Waals surface area contributed by atoms with Crippen LogP contribution in [0.4, 0.5) is 10.9 Å². The largest absolute Gasteiger partial charge is 0.316 e. The number of aryl methyl sites for hydroxylation is 2. The molecular formula is C26H22N4S. The zero-order valence-electron chi connectivity index (χ0n) is 17.5. The Balaban J connectivity index is 1.45. The Kier molecular flexibility index (Phi) is 5.18. The van der Waals surface area contributed by atoms with Crippen molar-refractivity contribution in [3.8, 4) is 11.3 Å². The first-order chi connectivity index (χ1) is 15.2. The summed E-state index contributed by atoms with van der Waals surface area (Å²) in [6.07, 6.45) is 0.776. The zero-order valence-corrected chi connectivity index (χ0v) is 18.3. The van der Waals surface area contributed by atoms with Crippen LogP contribution in [0.25, 0.3) is 22.0 Å². The van der Waals surface area contributed by atoms with E-state index >= 15 is 0 Å². The van der Waals surface area contributed by atoms with E-state index in [1.165, 1.54) is 16.3 Å². The van der Waals surface area contributed by atoms with Gasteiger partial charge < -0.3 is 5.32 Å². The first kappa shape index (κ1) is 19.4. The predicted molar refractivity (Wildman–Crippen MR) is 129 cm³/mol. The van der Waals surface area contributed by atoms with Crippen molar-refractivity contribution >= 4 is 33.1 Å². The zero-order chi connectivity index (χ0) is 21.2. The average molecular weight is 423 g/mol. The third-order valence-electron chi connectivity index (χ3n) is 5.32. The van der Waals surface area contributed by atoms with Crippen LogP contribution in [0.5, 0.6) is 0 Å². The van der Waals surface area contributed by atoms with Crippen molar-refractivity contribution < 1.29 is 0 Å².